The first-order chi connectivity index (χ1) is 9.74. The maximum absolute atomic E-state index is 5.71. The molecule has 2 N–H and O–H groups in total. The number of ether oxygens (including phenoxy) is 1. The zero-order valence-electron chi connectivity index (χ0n) is 11.3. The van der Waals surface area contributed by atoms with E-state index in [0.717, 1.165) is 29.2 Å². The summed E-state index contributed by atoms with van der Waals surface area (Å²) >= 11 is 0. The average molecular weight is 268 g/mol. The maximum atomic E-state index is 5.71. The summed E-state index contributed by atoms with van der Waals surface area (Å²) in [6.45, 7) is 0.556. The smallest absolute Gasteiger partial charge is 0.159 e. The number of nitrogens with zero attached hydrogens (tertiary/aromatic N) is 3. The van der Waals surface area contributed by atoms with Crippen LogP contribution in [0.2, 0.25) is 0 Å². The number of hydrogen-bond donors (Lipinski definition) is 1. The lowest BCUT2D eigenvalue weighted by atomic mass is 10.3. The first-order valence-corrected chi connectivity index (χ1v) is 6.49. The highest BCUT2D eigenvalue weighted by molar-refractivity contribution is 5.70. The molecule has 3 aromatic rings. The van der Waals surface area contributed by atoms with Gasteiger partial charge in [-0.15, -0.1) is 0 Å². The molecule has 0 unspecified atom stereocenters. The number of aryl methyl sites for hydroxylation is 1. The maximum Gasteiger partial charge on any atom is 0.159 e. The van der Waals surface area contributed by atoms with Crippen LogP contribution in [0.5, 0.6) is 5.75 Å². The highest BCUT2D eigenvalue weighted by Gasteiger charge is 2.08. The van der Waals surface area contributed by atoms with Gasteiger partial charge in [0.05, 0.1) is 6.61 Å². The van der Waals surface area contributed by atoms with Gasteiger partial charge in [0.25, 0.3) is 0 Å². The highest BCUT2D eigenvalue weighted by Crippen LogP contribution is 2.16. The SMILES string of the molecule is Cn1c(CCOc2cccc(N)c2)nc2cccnc21. The summed E-state index contributed by atoms with van der Waals surface area (Å²) in [4.78, 5) is 8.88. The van der Waals surface area contributed by atoms with E-state index in [1.165, 1.54) is 0 Å². The van der Waals surface area contributed by atoms with E-state index in [0.29, 0.717) is 12.3 Å². The molecule has 0 spiro atoms. The van der Waals surface area contributed by atoms with Crippen LogP contribution in [0.25, 0.3) is 11.2 Å². The number of nitrogens with two attached hydrogens (primary N) is 1. The Morgan fingerprint density at radius 2 is 2.15 bits per heavy atom. The van der Waals surface area contributed by atoms with E-state index in [4.69, 9.17) is 10.5 Å². The molecule has 0 aliphatic carbocycles. The Labute approximate surface area is 117 Å². The van der Waals surface area contributed by atoms with Crippen LogP contribution in [0.15, 0.2) is 42.6 Å². The Bertz CT molecular complexity index is 736. The molecule has 102 valence electrons. The third-order valence-corrected chi connectivity index (χ3v) is 3.17. The Kier molecular flexibility index (Phi) is 3.25. The molecule has 2 aromatic heterocycles. The van der Waals surface area contributed by atoms with Crippen LogP contribution in [0.1, 0.15) is 5.82 Å². The van der Waals surface area contributed by atoms with E-state index in [1.54, 1.807) is 6.20 Å². The van der Waals surface area contributed by atoms with Crippen LogP contribution in [0, 0.1) is 0 Å². The quantitative estimate of drug-likeness (QED) is 0.736. The summed E-state index contributed by atoms with van der Waals surface area (Å²) in [5, 5.41) is 0. The molecule has 0 radical (unpaired) electrons. The van der Waals surface area contributed by atoms with Crippen molar-refractivity contribution in [3.8, 4) is 5.75 Å². The second kappa shape index (κ2) is 5.21. The van der Waals surface area contributed by atoms with Gasteiger partial charge in [-0.2, -0.15) is 0 Å². The lowest BCUT2D eigenvalue weighted by Crippen LogP contribution is -2.06. The monoisotopic (exact) mass is 268 g/mol. The molecule has 0 aliphatic heterocycles. The predicted octanol–water partition coefficient (Wildman–Crippen LogP) is 2.17. The normalized spacial score (nSPS) is 10.8. The van der Waals surface area contributed by atoms with E-state index in [1.807, 2.05) is 48.0 Å². The second-order valence-corrected chi connectivity index (χ2v) is 4.60. The predicted molar refractivity (Wildman–Crippen MR) is 78.6 cm³/mol. The highest BCUT2D eigenvalue weighted by atomic mass is 16.5. The van der Waals surface area contributed by atoms with Gasteiger partial charge in [-0.3, -0.25) is 0 Å². The Morgan fingerprint density at radius 3 is 2.95 bits per heavy atom. The molecule has 1 aromatic carbocycles. The molecule has 20 heavy (non-hydrogen) atoms. The molecule has 0 bridgehead atoms. The minimum absolute atomic E-state index is 0.556. The molecule has 0 atom stereocenters. The van der Waals surface area contributed by atoms with Crippen molar-refractivity contribution in [2.75, 3.05) is 12.3 Å². The third kappa shape index (κ3) is 2.42. The number of aromatic nitrogens is 3. The summed E-state index contributed by atoms with van der Waals surface area (Å²) in [6, 6.07) is 11.3. The van der Waals surface area contributed by atoms with Crippen molar-refractivity contribution in [1.29, 1.82) is 0 Å². The van der Waals surface area contributed by atoms with Gasteiger partial charge in [-0.25, -0.2) is 9.97 Å². The van der Waals surface area contributed by atoms with E-state index in [-0.39, 0.29) is 0 Å². The molecular weight excluding hydrogens is 252 g/mol. The molecule has 0 amide bonds. The standard InChI is InChI=1S/C15H16N4O/c1-19-14(18-13-6-3-8-17-15(13)19)7-9-20-12-5-2-4-11(16)10-12/h2-6,8,10H,7,9,16H2,1H3. The summed E-state index contributed by atoms with van der Waals surface area (Å²) in [5.41, 5.74) is 8.22. The number of nitrogen functional groups attached to an aromatic ring is 1. The van der Waals surface area contributed by atoms with E-state index in [2.05, 4.69) is 9.97 Å². The Hall–Kier alpha value is -2.56. The van der Waals surface area contributed by atoms with Gasteiger partial charge in [-0.05, 0) is 24.3 Å². The average Bonchev–Trinajstić information content (AvgIpc) is 2.76. The molecule has 0 saturated heterocycles. The van der Waals surface area contributed by atoms with Gasteiger partial charge < -0.3 is 15.0 Å². The lowest BCUT2D eigenvalue weighted by Gasteiger charge is -2.06. The van der Waals surface area contributed by atoms with Gasteiger partial charge in [0.1, 0.15) is 17.1 Å². The summed E-state index contributed by atoms with van der Waals surface area (Å²) in [6.07, 6.45) is 2.50. The van der Waals surface area contributed by atoms with E-state index in [9.17, 15) is 0 Å². The molecular formula is C15H16N4O. The van der Waals surface area contributed by atoms with Gasteiger partial charge in [0.2, 0.25) is 0 Å². The molecule has 3 rings (SSSR count). The van der Waals surface area contributed by atoms with Gasteiger partial charge in [0.15, 0.2) is 5.65 Å². The number of fused-ring (bicyclic) bond motifs is 1. The van der Waals surface area contributed by atoms with Crippen molar-refractivity contribution in [3.63, 3.8) is 0 Å². The first-order valence-electron chi connectivity index (χ1n) is 6.49. The van der Waals surface area contributed by atoms with Crippen LogP contribution in [0.4, 0.5) is 5.69 Å². The fourth-order valence-electron chi connectivity index (χ4n) is 2.16. The van der Waals surface area contributed by atoms with Crippen molar-refractivity contribution in [1.82, 2.24) is 14.5 Å². The Morgan fingerprint density at radius 1 is 1.25 bits per heavy atom. The molecule has 0 fully saturated rings. The molecule has 5 heteroatoms. The van der Waals surface area contributed by atoms with Crippen LogP contribution in [-0.2, 0) is 13.5 Å². The number of rotatable bonds is 4. The summed E-state index contributed by atoms with van der Waals surface area (Å²) < 4.78 is 7.69. The first kappa shape index (κ1) is 12.5. The van der Waals surface area contributed by atoms with Gasteiger partial charge in [0, 0.05) is 31.4 Å². The molecule has 0 saturated carbocycles. The zero-order valence-corrected chi connectivity index (χ0v) is 11.3. The third-order valence-electron chi connectivity index (χ3n) is 3.17. The van der Waals surface area contributed by atoms with Crippen LogP contribution >= 0.6 is 0 Å². The van der Waals surface area contributed by atoms with E-state index < -0.39 is 0 Å². The fraction of sp³-hybridized carbons (Fsp3) is 0.200. The summed E-state index contributed by atoms with van der Waals surface area (Å²) in [5.74, 6) is 1.74. The van der Waals surface area contributed by atoms with Gasteiger partial charge >= 0.3 is 0 Å². The zero-order chi connectivity index (χ0) is 13.9. The number of anilines is 1. The fourth-order valence-corrected chi connectivity index (χ4v) is 2.16. The summed E-state index contributed by atoms with van der Waals surface area (Å²) in [7, 11) is 1.97. The number of pyridine rings is 1. The van der Waals surface area contributed by atoms with Crippen LogP contribution < -0.4 is 10.5 Å². The number of imidazole rings is 1. The van der Waals surface area contributed by atoms with Gasteiger partial charge in [-0.1, -0.05) is 6.07 Å². The minimum atomic E-state index is 0.556. The minimum Gasteiger partial charge on any atom is -0.493 e. The lowest BCUT2D eigenvalue weighted by molar-refractivity contribution is 0.318. The van der Waals surface area contributed by atoms with Crippen molar-refractivity contribution < 1.29 is 4.74 Å². The van der Waals surface area contributed by atoms with Crippen LogP contribution in [-0.4, -0.2) is 21.1 Å². The van der Waals surface area contributed by atoms with Crippen molar-refractivity contribution in [3.05, 3.63) is 48.4 Å². The number of benzene rings is 1. The molecule has 2 heterocycles. The van der Waals surface area contributed by atoms with E-state index >= 15 is 0 Å². The Balaban J connectivity index is 1.69. The second-order valence-electron chi connectivity index (χ2n) is 4.60. The van der Waals surface area contributed by atoms with Crippen LogP contribution in [0.3, 0.4) is 0 Å². The number of hydrogen-bond acceptors (Lipinski definition) is 4. The van der Waals surface area contributed by atoms with Crippen molar-refractivity contribution in [2.24, 2.45) is 7.05 Å². The van der Waals surface area contributed by atoms with Crippen molar-refractivity contribution >= 4 is 16.9 Å². The topological polar surface area (TPSA) is 66.0 Å². The molecule has 5 nitrogen and oxygen atoms in total. The molecule has 0 aliphatic rings. The largest absolute Gasteiger partial charge is 0.493 e. The van der Waals surface area contributed by atoms with Crippen molar-refractivity contribution in [2.45, 2.75) is 6.42 Å².